The van der Waals surface area contributed by atoms with E-state index in [9.17, 15) is 5.11 Å². The van der Waals surface area contributed by atoms with Crippen LogP contribution in [0.4, 0.5) is 0 Å². The molecule has 0 aromatic rings. The van der Waals surface area contributed by atoms with Crippen molar-refractivity contribution in [2.24, 2.45) is 20.9 Å². The first kappa shape index (κ1) is 21.1. The highest BCUT2D eigenvalue weighted by molar-refractivity contribution is 9.11. The third-order valence-corrected chi connectivity index (χ3v) is 4.78. The normalized spacial score (nSPS) is 20.1. The highest BCUT2D eigenvalue weighted by Gasteiger charge is 2.27. The molecule has 0 amide bonds. The summed E-state index contributed by atoms with van der Waals surface area (Å²) in [5.41, 5.74) is 0.943. The number of halogens is 1. The smallest absolute Gasteiger partial charge is 0.176 e. The molecule has 0 radical (unpaired) electrons. The van der Waals surface area contributed by atoms with Crippen LogP contribution in [0, 0.1) is 5.92 Å². The molecule has 7 nitrogen and oxygen atoms in total. The Hall–Kier alpha value is -2.19. The van der Waals surface area contributed by atoms with Crippen LogP contribution in [0.15, 0.2) is 62.0 Å². The summed E-state index contributed by atoms with van der Waals surface area (Å²) in [4.78, 5) is 15.3. The number of aliphatic hydroxyl groups is 1. The minimum Gasteiger partial charge on any atom is -0.394 e. The van der Waals surface area contributed by atoms with E-state index in [4.69, 9.17) is 4.99 Å². The molecule has 0 saturated carbocycles. The van der Waals surface area contributed by atoms with Crippen molar-refractivity contribution in [1.82, 2.24) is 15.5 Å². The molecule has 0 saturated heterocycles. The van der Waals surface area contributed by atoms with Gasteiger partial charge in [-0.25, -0.2) is 0 Å². The first-order valence-corrected chi connectivity index (χ1v) is 9.63. The molecule has 0 aliphatic carbocycles. The van der Waals surface area contributed by atoms with Gasteiger partial charge in [-0.1, -0.05) is 32.6 Å². The summed E-state index contributed by atoms with van der Waals surface area (Å²) < 4.78 is 0.906. The van der Waals surface area contributed by atoms with Gasteiger partial charge in [0.05, 0.1) is 36.5 Å². The number of rotatable bonds is 8. The first-order chi connectivity index (χ1) is 13.0. The fourth-order valence-electron chi connectivity index (χ4n) is 2.57. The van der Waals surface area contributed by atoms with Gasteiger partial charge in [0.2, 0.25) is 0 Å². The minimum atomic E-state index is -0.0699. The molecule has 2 rings (SSSR count). The number of hydrogen-bond acceptors (Lipinski definition) is 6. The zero-order valence-electron chi connectivity index (χ0n) is 16.0. The summed E-state index contributed by atoms with van der Waals surface area (Å²) in [6.45, 7) is 8.93. The zero-order chi connectivity index (χ0) is 19.8. The Morgan fingerprint density at radius 3 is 2.96 bits per heavy atom. The summed E-state index contributed by atoms with van der Waals surface area (Å²) >= 11 is 3.58. The van der Waals surface area contributed by atoms with E-state index in [1.165, 1.54) is 0 Å². The Labute approximate surface area is 169 Å². The summed E-state index contributed by atoms with van der Waals surface area (Å²) in [6.07, 6.45) is 9.26. The van der Waals surface area contributed by atoms with Gasteiger partial charge >= 0.3 is 0 Å². The maximum Gasteiger partial charge on any atom is 0.176 e. The number of aliphatic imine (C=N–C) groups is 3. The number of aliphatic hydroxyl groups excluding tert-OH is 1. The van der Waals surface area contributed by atoms with Crippen molar-refractivity contribution in [3.05, 3.63) is 47.0 Å². The van der Waals surface area contributed by atoms with E-state index in [2.05, 4.69) is 57.0 Å². The van der Waals surface area contributed by atoms with E-state index in [-0.39, 0.29) is 18.6 Å². The van der Waals surface area contributed by atoms with E-state index in [0.717, 1.165) is 21.8 Å². The predicted molar refractivity (Wildman–Crippen MR) is 116 cm³/mol. The van der Waals surface area contributed by atoms with E-state index < -0.39 is 0 Å². The average molecular weight is 435 g/mol. The molecule has 2 heterocycles. The Balaban J connectivity index is 2.30. The summed E-state index contributed by atoms with van der Waals surface area (Å²) in [6, 6.07) is -0.0699. The van der Waals surface area contributed by atoms with Crippen LogP contribution in [-0.4, -0.2) is 60.7 Å². The standard InChI is InChI=1S/C19H27BrN6O/c1-5-6-14(9-21-4)10-23-18-19-22-8-7-16(20)26(19)11-17(25-18)24-15(12-27)13(2)3/h5-7,9,11,13,15,24,27H,1,8,10,12H2,2-4H3,(H,23,25)/b14-6+,21-9?. The SMILES string of the molecule is C=C/C=C(\C=NC)CN=C1NC(NC(CO)C(C)C)=CN2C(Br)=CCN=C12. The lowest BCUT2D eigenvalue weighted by Gasteiger charge is -2.34. The fourth-order valence-corrected chi connectivity index (χ4v) is 2.99. The molecule has 0 fully saturated rings. The molecule has 0 aromatic carbocycles. The maximum absolute atomic E-state index is 9.63. The van der Waals surface area contributed by atoms with Gasteiger partial charge in [0.25, 0.3) is 0 Å². The van der Waals surface area contributed by atoms with Crippen LogP contribution in [0.2, 0.25) is 0 Å². The number of amidine groups is 2. The molecule has 8 heteroatoms. The third-order valence-electron chi connectivity index (χ3n) is 4.07. The van der Waals surface area contributed by atoms with Gasteiger partial charge in [0, 0.05) is 13.3 Å². The van der Waals surface area contributed by atoms with Crippen LogP contribution in [0.1, 0.15) is 13.8 Å². The molecule has 3 N–H and O–H groups in total. The Bertz CT molecular complexity index is 732. The third kappa shape index (κ3) is 5.64. The summed E-state index contributed by atoms with van der Waals surface area (Å²) in [5.74, 6) is 2.43. The Kier molecular flexibility index (Phi) is 7.99. The summed E-state index contributed by atoms with van der Waals surface area (Å²) in [7, 11) is 1.73. The number of fused-ring (bicyclic) bond motifs is 1. The van der Waals surface area contributed by atoms with Gasteiger partial charge in [-0.2, -0.15) is 0 Å². The van der Waals surface area contributed by atoms with Gasteiger partial charge in [-0.3, -0.25) is 19.9 Å². The second-order valence-corrected chi connectivity index (χ2v) is 7.25. The molecule has 1 atom stereocenters. The molecule has 27 heavy (non-hydrogen) atoms. The van der Waals surface area contributed by atoms with Gasteiger partial charge in [-0.15, -0.1) is 0 Å². The minimum absolute atomic E-state index is 0.0420. The quantitative estimate of drug-likeness (QED) is 0.310. The molecule has 1 unspecified atom stereocenters. The van der Waals surface area contributed by atoms with Crippen LogP contribution in [-0.2, 0) is 0 Å². The molecule has 0 bridgehead atoms. The van der Waals surface area contributed by atoms with Gasteiger partial charge in [0.15, 0.2) is 11.7 Å². The second kappa shape index (κ2) is 10.2. The topological polar surface area (TPSA) is 84.6 Å². The van der Waals surface area contributed by atoms with E-state index in [1.807, 2.05) is 23.3 Å². The fraction of sp³-hybridized carbons (Fsp3) is 0.421. The van der Waals surface area contributed by atoms with Crippen molar-refractivity contribution in [3.63, 3.8) is 0 Å². The number of allylic oxidation sites excluding steroid dienone is 2. The summed E-state index contributed by atoms with van der Waals surface area (Å²) in [5, 5.41) is 16.3. The number of hydrogen-bond donors (Lipinski definition) is 3. The van der Waals surface area contributed by atoms with E-state index >= 15 is 0 Å². The van der Waals surface area contributed by atoms with Crippen LogP contribution in [0.3, 0.4) is 0 Å². The van der Waals surface area contributed by atoms with Crippen LogP contribution >= 0.6 is 15.9 Å². The highest BCUT2D eigenvalue weighted by atomic mass is 79.9. The largest absolute Gasteiger partial charge is 0.394 e. The second-order valence-electron chi connectivity index (χ2n) is 6.44. The molecular weight excluding hydrogens is 408 g/mol. The molecule has 2 aliphatic heterocycles. The average Bonchev–Trinajstić information content (AvgIpc) is 2.64. The van der Waals surface area contributed by atoms with Crippen molar-refractivity contribution < 1.29 is 5.11 Å². The van der Waals surface area contributed by atoms with Gasteiger partial charge in [0.1, 0.15) is 5.82 Å². The lowest BCUT2D eigenvalue weighted by Crippen LogP contribution is -2.51. The Morgan fingerprint density at radius 1 is 1.56 bits per heavy atom. The maximum atomic E-state index is 9.63. The monoisotopic (exact) mass is 434 g/mol. The highest BCUT2D eigenvalue weighted by Crippen LogP contribution is 2.21. The van der Waals surface area contributed by atoms with Gasteiger partial charge in [-0.05, 0) is 33.5 Å². The van der Waals surface area contributed by atoms with Crippen LogP contribution in [0.25, 0.3) is 0 Å². The molecular formula is C19H27BrN6O. The molecule has 0 aromatic heterocycles. The number of nitrogens with zero attached hydrogens (tertiary/aromatic N) is 4. The first-order valence-electron chi connectivity index (χ1n) is 8.84. The lowest BCUT2D eigenvalue weighted by atomic mass is 10.1. The van der Waals surface area contributed by atoms with Crippen LogP contribution < -0.4 is 10.6 Å². The van der Waals surface area contributed by atoms with Crippen molar-refractivity contribution in [3.8, 4) is 0 Å². The van der Waals surface area contributed by atoms with E-state index in [0.29, 0.717) is 18.9 Å². The van der Waals surface area contributed by atoms with E-state index in [1.54, 1.807) is 19.3 Å². The van der Waals surface area contributed by atoms with Crippen molar-refractivity contribution >= 4 is 33.8 Å². The molecule has 2 aliphatic rings. The van der Waals surface area contributed by atoms with Crippen molar-refractivity contribution in [2.75, 3.05) is 26.7 Å². The predicted octanol–water partition coefficient (Wildman–Crippen LogP) is 2.16. The Morgan fingerprint density at radius 2 is 2.33 bits per heavy atom. The molecule has 146 valence electrons. The van der Waals surface area contributed by atoms with Crippen molar-refractivity contribution in [2.45, 2.75) is 19.9 Å². The lowest BCUT2D eigenvalue weighted by molar-refractivity contribution is 0.217. The zero-order valence-corrected chi connectivity index (χ0v) is 17.6. The van der Waals surface area contributed by atoms with Crippen molar-refractivity contribution in [1.29, 1.82) is 0 Å². The van der Waals surface area contributed by atoms with Crippen LogP contribution in [0.5, 0.6) is 0 Å². The molecule has 0 spiro atoms. The van der Waals surface area contributed by atoms with Gasteiger partial charge < -0.3 is 15.7 Å². The number of nitrogens with one attached hydrogen (secondary N) is 2.